The van der Waals surface area contributed by atoms with Gasteiger partial charge in [0.2, 0.25) is 11.8 Å². The van der Waals surface area contributed by atoms with E-state index in [0.29, 0.717) is 43.9 Å². The van der Waals surface area contributed by atoms with Gasteiger partial charge in [-0.25, -0.2) is 9.78 Å². The van der Waals surface area contributed by atoms with Gasteiger partial charge in [0, 0.05) is 17.1 Å². The molecule has 4 aliphatic rings. The van der Waals surface area contributed by atoms with E-state index in [1.807, 2.05) is 0 Å². The lowest BCUT2D eigenvalue weighted by Gasteiger charge is -2.49. The van der Waals surface area contributed by atoms with Crippen molar-refractivity contribution in [1.82, 2.24) is 14.9 Å². The Labute approximate surface area is 315 Å². The SMILES string of the molecule is COC(=O)N1C(=O)C2CC=C3C(CC4C(=O)N(Nc5ncc(C(F)(F)F)cc5Cl)C(=O)C4(c4ccc(Cl)cc4)C3C=Cc3ccc(O)c(OC)c3)C2C1=O. The number of hydrogen-bond donors (Lipinski definition) is 2. The number of carbonyl (C=O) groups is 5. The van der Waals surface area contributed by atoms with E-state index in [0.717, 1.165) is 7.11 Å². The Morgan fingerprint density at radius 3 is 2.39 bits per heavy atom. The standard InChI is InChI=1S/C37H29Cl2F3N4O8/c1-53-28-13-17(4-12-27(28)47)3-11-24-21-9-10-22-29(33(50)45(31(22)48)35(52)54-2)23(21)15-25-32(49)46(34(51)36(24,25)18-5-7-20(38)8-6-18)44-30-26(39)14-19(16-43-30)37(40,41)42/h3-9,11-14,16,22-25,29,47H,10,15H2,1-2H3,(H,43,44). The number of fused-ring (bicyclic) bond motifs is 4. The molecule has 2 aromatic carbocycles. The highest BCUT2D eigenvalue weighted by Gasteiger charge is 2.70. The molecule has 3 aromatic rings. The number of amides is 5. The number of aromatic nitrogens is 1. The van der Waals surface area contributed by atoms with Gasteiger partial charge in [-0.2, -0.15) is 23.1 Å². The summed E-state index contributed by atoms with van der Waals surface area (Å²) in [7, 11) is 2.41. The van der Waals surface area contributed by atoms with Crippen LogP contribution in [-0.2, 0) is 35.5 Å². The smallest absolute Gasteiger partial charge is 0.423 e. The van der Waals surface area contributed by atoms with E-state index in [4.69, 9.17) is 32.7 Å². The zero-order chi connectivity index (χ0) is 38.9. The molecule has 7 rings (SSSR count). The number of methoxy groups -OCH3 is 2. The van der Waals surface area contributed by atoms with Crippen LogP contribution in [0.4, 0.5) is 23.8 Å². The number of halogens is 5. The second-order valence-electron chi connectivity index (χ2n) is 13.2. The van der Waals surface area contributed by atoms with Crippen LogP contribution in [0.5, 0.6) is 11.5 Å². The van der Waals surface area contributed by atoms with E-state index in [-0.39, 0.29) is 24.3 Å². The number of imide groups is 4. The minimum absolute atomic E-state index is 0.0302. The quantitative estimate of drug-likeness (QED) is 0.211. The predicted molar refractivity (Wildman–Crippen MR) is 186 cm³/mol. The molecule has 17 heteroatoms. The van der Waals surface area contributed by atoms with Crippen LogP contribution in [0.3, 0.4) is 0 Å². The molecule has 0 radical (unpaired) electrons. The summed E-state index contributed by atoms with van der Waals surface area (Å²) in [5.74, 6) is -8.63. The van der Waals surface area contributed by atoms with Crippen molar-refractivity contribution in [3.63, 3.8) is 0 Å². The average molecular weight is 786 g/mol. The second-order valence-corrected chi connectivity index (χ2v) is 14.1. The summed E-state index contributed by atoms with van der Waals surface area (Å²) in [5.41, 5.74) is 1.08. The summed E-state index contributed by atoms with van der Waals surface area (Å²) in [4.78, 5) is 73.9. The molecule has 2 aliphatic carbocycles. The third kappa shape index (κ3) is 5.68. The van der Waals surface area contributed by atoms with Crippen LogP contribution in [0.15, 0.2) is 72.5 Å². The van der Waals surface area contributed by atoms with Gasteiger partial charge in [-0.1, -0.05) is 65.2 Å². The number of ether oxygens (including phenoxy) is 2. The molecule has 2 N–H and O–H groups in total. The molecule has 2 saturated heterocycles. The van der Waals surface area contributed by atoms with E-state index in [1.165, 1.54) is 13.2 Å². The van der Waals surface area contributed by atoms with Crippen LogP contribution < -0.4 is 10.2 Å². The number of hydrogen-bond acceptors (Lipinski definition) is 10. The molecule has 0 bridgehead atoms. The van der Waals surface area contributed by atoms with E-state index in [2.05, 4.69) is 10.4 Å². The summed E-state index contributed by atoms with van der Waals surface area (Å²) < 4.78 is 50.3. The fourth-order valence-corrected chi connectivity index (χ4v) is 8.64. The largest absolute Gasteiger partial charge is 0.504 e. The molecule has 3 heterocycles. The van der Waals surface area contributed by atoms with Crippen LogP contribution in [-0.4, -0.2) is 63.9 Å². The Bertz CT molecular complexity index is 2180. The van der Waals surface area contributed by atoms with Crippen molar-refractivity contribution in [2.24, 2.45) is 29.6 Å². The lowest BCUT2D eigenvalue weighted by molar-refractivity contribution is -0.140. The first-order chi connectivity index (χ1) is 25.6. The number of nitrogens with zero attached hydrogens (tertiary/aromatic N) is 3. The normalized spacial score (nSPS) is 26.4. The zero-order valence-electron chi connectivity index (χ0n) is 28.3. The van der Waals surface area contributed by atoms with Gasteiger partial charge in [-0.05, 0) is 60.2 Å². The van der Waals surface area contributed by atoms with Crippen LogP contribution >= 0.6 is 23.2 Å². The first-order valence-corrected chi connectivity index (χ1v) is 17.2. The summed E-state index contributed by atoms with van der Waals surface area (Å²) in [6.07, 6.45) is -0.430. The van der Waals surface area contributed by atoms with Crippen molar-refractivity contribution in [1.29, 1.82) is 0 Å². The number of alkyl halides is 3. The number of pyridine rings is 1. The highest BCUT2D eigenvalue weighted by Crippen LogP contribution is 2.61. The Kier molecular flexibility index (Phi) is 9.21. The first-order valence-electron chi connectivity index (χ1n) is 16.5. The number of likely N-dealkylation sites (tertiary alicyclic amines) is 1. The highest BCUT2D eigenvalue weighted by atomic mass is 35.5. The number of aromatic hydroxyl groups is 1. The van der Waals surface area contributed by atoms with Crippen LogP contribution in [0, 0.1) is 29.6 Å². The van der Waals surface area contributed by atoms with Crippen molar-refractivity contribution >= 4 is 64.8 Å². The molecular weight excluding hydrogens is 756 g/mol. The molecule has 280 valence electrons. The topological polar surface area (TPSA) is 155 Å². The number of phenols is 1. The Hall–Kier alpha value is -5.41. The van der Waals surface area contributed by atoms with Crippen LogP contribution in [0.1, 0.15) is 29.5 Å². The predicted octanol–water partition coefficient (Wildman–Crippen LogP) is 6.42. The van der Waals surface area contributed by atoms with Crippen molar-refractivity contribution in [3.8, 4) is 11.5 Å². The molecule has 54 heavy (non-hydrogen) atoms. The van der Waals surface area contributed by atoms with E-state index < -0.39 is 87.3 Å². The van der Waals surface area contributed by atoms with Crippen LogP contribution in [0.2, 0.25) is 10.0 Å². The first kappa shape index (κ1) is 36.9. The third-order valence-electron chi connectivity index (χ3n) is 10.7. The Morgan fingerprint density at radius 2 is 1.74 bits per heavy atom. The number of carbonyl (C=O) groups excluding carboxylic acids is 5. The second kappa shape index (κ2) is 13.5. The van der Waals surface area contributed by atoms with Crippen molar-refractivity contribution in [2.45, 2.75) is 24.4 Å². The van der Waals surface area contributed by atoms with Gasteiger partial charge in [0.05, 0.1) is 48.0 Å². The number of rotatable bonds is 6. The summed E-state index contributed by atoms with van der Waals surface area (Å²) in [5, 5.41) is 10.7. The number of phenolic OH excluding ortho intramolecular Hbond substituents is 1. The molecule has 1 saturated carbocycles. The van der Waals surface area contributed by atoms with Crippen molar-refractivity contribution in [2.75, 3.05) is 19.6 Å². The van der Waals surface area contributed by atoms with E-state index in [9.17, 15) is 37.5 Å². The number of benzene rings is 2. The summed E-state index contributed by atoms with van der Waals surface area (Å²) in [6, 6.07) is 11.4. The number of anilines is 1. The fourth-order valence-electron chi connectivity index (χ4n) is 8.31. The highest BCUT2D eigenvalue weighted by molar-refractivity contribution is 6.33. The van der Waals surface area contributed by atoms with Crippen molar-refractivity contribution in [3.05, 3.63) is 99.2 Å². The molecule has 5 amide bonds. The monoisotopic (exact) mass is 784 g/mol. The van der Waals surface area contributed by atoms with Crippen LogP contribution in [0.25, 0.3) is 6.08 Å². The maximum absolute atomic E-state index is 15.1. The minimum Gasteiger partial charge on any atom is -0.504 e. The number of nitrogens with one attached hydrogen (secondary N) is 1. The molecule has 12 nitrogen and oxygen atoms in total. The summed E-state index contributed by atoms with van der Waals surface area (Å²) >= 11 is 12.5. The Morgan fingerprint density at radius 1 is 1.02 bits per heavy atom. The van der Waals surface area contributed by atoms with Gasteiger partial charge in [0.25, 0.3) is 11.8 Å². The summed E-state index contributed by atoms with van der Waals surface area (Å²) in [6.45, 7) is 0. The molecule has 1 aromatic heterocycles. The fraction of sp³-hybridized carbons (Fsp3) is 0.297. The van der Waals surface area contributed by atoms with Gasteiger partial charge in [0.15, 0.2) is 17.3 Å². The van der Waals surface area contributed by atoms with Gasteiger partial charge in [-0.15, -0.1) is 0 Å². The zero-order valence-corrected chi connectivity index (χ0v) is 29.8. The van der Waals surface area contributed by atoms with Crippen molar-refractivity contribution < 1.29 is 51.7 Å². The lowest BCUT2D eigenvalue weighted by Crippen LogP contribution is -2.54. The van der Waals surface area contributed by atoms with E-state index in [1.54, 1.807) is 54.6 Å². The Balaban J connectivity index is 1.41. The van der Waals surface area contributed by atoms with Gasteiger partial charge in [-0.3, -0.25) is 24.6 Å². The minimum atomic E-state index is -4.77. The van der Waals surface area contributed by atoms with Gasteiger partial charge < -0.3 is 14.6 Å². The number of hydrazine groups is 1. The molecule has 3 fully saturated rings. The molecule has 6 atom stereocenters. The number of allylic oxidation sites excluding steroid dienone is 3. The molecule has 2 aliphatic heterocycles. The molecule has 0 spiro atoms. The average Bonchev–Trinajstić information content (AvgIpc) is 3.52. The third-order valence-corrected chi connectivity index (χ3v) is 11.2. The molecule has 6 unspecified atom stereocenters. The van der Waals surface area contributed by atoms with E-state index >= 15 is 4.79 Å². The molecular formula is C37H29Cl2F3N4O8. The van der Waals surface area contributed by atoms with Gasteiger partial charge in [0.1, 0.15) is 0 Å². The maximum atomic E-state index is 15.1. The lowest BCUT2D eigenvalue weighted by atomic mass is 9.50. The van der Waals surface area contributed by atoms with Gasteiger partial charge >= 0.3 is 12.3 Å². The maximum Gasteiger partial charge on any atom is 0.423 e.